The van der Waals surface area contributed by atoms with Crippen LogP contribution in [0.1, 0.15) is 24.0 Å². The van der Waals surface area contributed by atoms with Gasteiger partial charge in [0, 0.05) is 41.7 Å². The first-order valence-electron chi connectivity index (χ1n) is 9.70. The van der Waals surface area contributed by atoms with Gasteiger partial charge in [0.2, 0.25) is 5.91 Å². The van der Waals surface area contributed by atoms with Gasteiger partial charge in [-0.2, -0.15) is 0 Å². The van der Waals surface area contributed by atoms with Crippen molar-refractivity contribution in [1.29, 1.82) is 0 Å². The lowest BCUT2D eigenvalue weighted by atomic mass is 9.98. The Morgan fingerprint density at radius 2 is 1.79 bits per heavy atom. The molecule has 1 spiro atoms. The molecular formula is C22H23BrN4O2. The number of rotatable bonds is 4. The fourth-order valence-corrected chi connectivity index (χ4v) is 3.99. The molecule has 2 N–H and O–H groups in total. The Balaban J connectivity index is 1.35. The van der Waals surface area contributed by atoms with Gasteiger partial charge >= 0.3 is 0 Å². The number of nitrogens with zero attached hydrogens (tertiary/aromatic N) is 2. The molecule has 0 unspecified atom stereocenters. The zero-order valence-electron chi connectivity index (χ0n) is 16.2. The lowest BCUT2D eigenvalue weighted by molar-refractivity contribution is -0.119. The Morgan fingerprint density at radius 1 is 1.14 bits per heavy atom. The number of hydrogen-bond donors (Lipinski definition) is 2. The average molecular weight is 455 g/mol. The van der Waals surface area contributed by atoms with Crippen molar-refractivity contribution < 1.29 is 9.59 Å². The lowest BCUT2D eigenvalue weighted by Gasteiger charge is -2.36. The summed E-state index contributed by atoms with van der Waals surface area (Å²) in [5, 5.41) is 6.01. The molecule has 2 aliphatic rings. The molecule has 2 amide bonds. The van der Waals surface area contributed by atoms with Crippen LogP contribution in [0, 0.1) is 6.92 Å². The molecule has 150 valence electrons. The van der Waals surface area contributed by atoms with Crippen LogP contribution in [-0.2, 0) is 9.59 Å². The van der Waals surface area contributed by atoms with Crippen molar-refractivity contribution in [3.8, 4) is 0 Å². The number of amides is 2. The largest absolute Gasteiger partial charge is 0.326 e. The van der Waals surface area contributed by atoms with E-state index in [1.54, 1.807) is 0 Å². The number of anilines is 1. The molecule has 29 heavy (non-hydrogen) atoms. The molecule has 6 nitrogen and oxygen atoms in total. The topological polar surface area (TPSA) is 73.8 Å². The van der Waals surface area contributed by atoms with E-state index in [4.69, 9.17) is 4.99 Å². The number of nitrogens with one attached hydrogen (secondary N) is 2. The van der Waals surface area contributed by atoms with E-state index < -0.39 is 5.66 Å². The fraction of sp³-hybridized carbons (Fsp3) is 0.318. The van der Waals surface area contributed by atoms with Crippen molar-refractivity contribution in [1.82, 2.24) is 10.2 Å². The Bertz CT molecular complexity index is 946. The molecule has 1 saturated heterocycles. The van der Waals surface area contributed by atoms with Crippen molar-refractivity contribution in [2.45, 2.75) is 25.4 Å². The number of aryl methyl sites for hydroxylation is 1. The highest BCUT2D eigenvalue weighted by Crippen LogP contribution is 2.29. The minimum atomic E-state index is -0.552. The zero-order valence-corrected chi connectivity index (χ0v) is 17.8. The molecule has 0 saturated carbocycles. The molecule has 2 heterocycles. The number of carbonyl (C=O) groups excluding carboxylic acids is 2. The van der Waals surface area contributed by atoms with Crippen molar-refractivity contribution in [3.05, 3.63) is 64.1 Å². The van der Waals surface area contributed by atoms with Gasteiger partial charge in [-0.15, -0.1) is 0 Å². The van der Waals surface area contributed by atoms with Gasteiger partial charge < -0.3 is 10.6 Å². The van der Waals surface area contributed by atoms with Crippen LogP contribution in [0.2, 0.25) is 0 Å². The van der Waals surface area contributed by atoms with Crippen molar-refractivity contribution in [2.24, 2.45) is 4.99 Å². The SMILES string of the molecule is Cc1ccc(NC(=O)CN2CCC3(CC2)N=C(c2ccc(Br)cc2)C(=O)N3)cc1. The summed E-state index contributed by atoms with van der Waals surface area (Å²) in [5.41, 5.74) is 2.72. The molecular weight excluding hydrogens is 432 g/mol. The second kappa shape index (κ2) is 8.08. The lowest BCUT2D eigenvalue weighted by Crippen LogP contribution is -2.52. The van der Waals surface area contributed by atoms with E-state index in [0.29, 0.717) is 38.2 Å². The number of piperidine rings is 1. The highest BCUT2D eigenvalue weighted by atomic mass is 79.9. The summed E-state index contributed by atoms with van der Waals surface area (Å²) in [6.45, 7) is 3.76. The van der Waals surface area contributed by atoms with Crippen molar-refractivity contribution in [2.75, 3.05) is 25.0 Å². The first kappa shape index (κ1) is 19.8. The third-order valence-corrected chi connectivity index (χ3v) is 5.92. The Kier molecular flexibility index (Phi) is 5.52. The summed E-state index contributed by atoms with van der Waals surface area (Å²) in [4.78, 5) is 31.7. The van der Waals surface area contributed by atoms with Crippen LogP contribution in [0.25, 0.3) is 0 Å². The van der Waals surface area contributed by atoms with Gasteiger partial charge in [-0.05, 0) is 31.2 Å². The minimum absolute atomic E-state index is 0.0284. The van der Waals surface area contributed by atoms with E-state index in [1.807, 2.05) is 55.5 Å². The van der Waals surface area contributed by atoms with Gasteiger partial charge in [-0.1, -0.05) is 45.8 Å². The molecule has 0 atom stereocenters. The Labute approximate surface area is 178 Å². The maximum absolute atomic E-state index is 12.5. The van der Waals surface area contributed by atoms with Gasteiger partial charge in [0.25, 0.3) is 5.91 Å². The first-order chi connectivity index (χ1) is 13.9. The molecule has 0 aromatic heterocycles. The maximum atomic E-state index is 12.5. The van der Waals surface area contributed by atoms with E-state index in [9.17, 15) is 9.59 Å². The predicted octanol–water partition coefficient (Wildman–Crippen LogP) is 3.11. The highest BCUT2D eigenvalue weighted by Gasteiger charge is 2.42. The van der Waals surface area contributed by atoms with Crippen LogP contribution < -0.4 is 10.6 Å². The average Bonchev–Trinajstić information content (AvgIpc) is 3.02. The van der Waals surface area contributed by atoms with Crippen molar-refractivity contribution >= 4 is 39.1 Å². The number of aliphatic imine (C=N–C) groups is 1. The summed E-state index contributed by atoms with van der Waals surface area (Å²) < 4.78 is 0.965. The summed E-state index contributed by atoms with van der Waals surface area (Å²) in [6, 6.07) is 15.4. The minimum Gasteiger partial charge on any atom is -0.326 e. The molecule has 7 heteroatoms. The first-order valence-corrected chi connectivity index (χ1v) is 10.5. The molecule has 2 aromatic carbocycles. The third kappa shape index (κ3) is 4.57. The van der Waals surface area contributed by atoms with Gasteiger partial charge in [-0.3, -0.25) is 19.5 Å². The number of benzene rings is 2. The number of likely N-dealkylation sites (tertiary alicyclic amines) is 1. The van der Waals surface area contributed by atoms with Crippen LogP contribution in [0.3, 0.4) is 0 Å². The fourth-order valence-electron chi connectivity index (χ4n) is 3.73. The second-order valence-electron chi connectivity index (χ2n) is 7.64. The zero-order chi connectivity index (χ0) is 20.4. The third-order valence-electron chi connectivity index (χ3n) is 5.39. The predicted molar refractivity (Wildman–Crippen MR) is 117 cm³/mol. The van der Waals surface area contributed by atoms with Crippen molar-refractivity contribution in [3.63, 3.8) is 0 Å². The van der Waals surface area contributed by atoms with Gasteiger partial charge in [0.1, 0.15) is 11.4 Å². The van der Waals surface area contributed by atoms with E-state index in [0.717, 1.165) is 21.3 Å². The normalized spacial score (nSPS) is 18.4. The van der Waals surface area contributed by atoms with E-state index >= 15 is 0 Å². The number of carbonyl (C=O) groups is 2. The molecule has 1 fully saturated rings. The monoisotopic (exact) mass is 454 g/mol. The van der Waals surface area contributed by atoms with Crippen LogP contribution in [0.4, 0.5) is 5.69 Å². The second-order valence-corrected chi connectivity index (χ2v) is 8.56. The molecule has 2 aliphatic heterocycles. The molecule has 0 bridgehead atoms. The molecule has 0 radical (unpaired) electrons. The Hall–Kier alpha value is -2.51. The van der Waals surface area contributed by atoms with E-state index in [-0.39, 0.29) is 11.8 Å². The Morgan fingerprint density at radius 3 is 2.45 bits per heavy atom. The van der Waals surface area contributed by atoms with Gasteiger partial charge in [0.15, 0.2) is 0 Å². The van der Waals surface area contributed by atoms with E-state index in [1.165, 1.54) is 0 Å². The van der Waals surface area contributed by atoms with Gasteiger partial charge in [0.05, 0.1) is 6.54 Å². The summed E-state index contributed by atoms with van der Waals surface area (Å²) in [6.07, 6.45) is 1.38. The standard InChI is InChI=1S/C22H23BrN4O2/c1-15-2-8-18(9-3-15)24-19(28)14-27-12-10-22(11-13-27)25-20(21(29)26-22)16-4-6-17(23)7-5-16/h2-9H,10-14H2,1H3,(H,24,28)(H,26,29). The highest BCUT2D eigenvalue weighted by molar-refractivity contribution is 9.10. The van der Waals surface area contributed by atoms with Gasteiger partial charge in [-0.25, -0.2) is 0 Å². The molecule has 0 aliphatic carbocycles. The summed E-state index contributed by atoms with van der Waals surface area (Å²) in [5.74, 6) is -0.155. The smallest absolute Gasteiger partial charge is 0.272 e. The summed E-state index contributed by atoms with van der Waals surface area (Å²) in [7, 11) is 0. The van der Waals surface area contributed by atoms with Crippen LogP contribution in [0.15, 0.2) is 58.0 Å². The number of halogens is 1. The van der Waals surface area contributed by atoms with Crippen LogP contribution in [-0.4, -0.2) is 47.7 Å². The molecule has 2 aromatic rings. The van der Waals surface area contributed by atoms with Crippen LogP contribution in [0.5, 0.6) is 0 Å². The summed E-state index contributed by atoms with van der Waals surface area (Å²) >= 11 is 3.41. The molecule has 4 rings (SSSR count). The maximum Gasteiger partial charge on any atom is 0.272 e. The van der Waals surface area contributed by atoms with Crippen LogP contribution >= 0.6 is 15.9 Å². The van der Waals surface area contributed by atoms with E-state index in [2.05, 4.69) is 31.5 Å². The quantitative estimate of drug-likeness (QED) is 0.744. The number of hydrogen-bond acceptors (Lipinski definition) is 4.